The number of aliphatic hydroxyl groups excluding tert-OH is 1. The van der Waals surface area contributed by atoms with Crippen molar-refractivity contribution in [3.05, 3.63) is 0 Å². The average molecular weight is 202 g/mol. The molecule has 0 aliphatic carbocycles. The fourth-order valence-electron chi connectivity index (χ4n) is 2.08. The summed E-state index contributed by atoms with van der Waals surface area (Å²) >= 11 is 0. The SMILES string of the molecule is CO[C@H](C(C)C)[C@@H](O)C1CC(C)CO1. The minimum absolute atomic E-state index is 0.0441. The molecule has 14 heavy (non-hydrogen) atoms. The van der Waals surface area contributed by atoms with E-state index in [2.05, 4.69) is 20.8 Å². The van der Waals surface area contributed by atoms with Crippen molar-refractivity contribution in [2.45, 2.75) is 45.5 Å². The van der Waals surface area contributed by atoms with E-state index in [1.807, 2.05) is 0 Å². The molecule has 4 atom stereocenters. The first-order valence-corrected chi connectivity index (χ1v) is 5.38. The quantitative estimate of drug-likeness (QED) is 0.749. The van der Waals surface area contributed by atoms with E-state index in [1.165, 1.54) is 0 Å². The second-order valence-corrected chi connectivity index (χ2v) is 4.65. The Kier molecular flexibility index (Phi) is 4.35. The molecule has 0 aromatic rings. The minimum atomic E-state index is -0.495. The second kappa shape index (κ2) is 5.10. The van der Waals surface area contributed by atoms with Crippen molar-refractivity contribution >= 4 is 0 Å². The summed E-state index contributed by atoms with van der Waals surface area (Å²) in [4.78, 5) is 0. The monoisotopic (exact) mass is 202 g/mol. The molecule has 0 bridgehead atoms. The van der Waals surface area contributed by atoms with Gasteiger partial charge in [0.2, 0.25) is 0 Å². The normalized spacial score (nSPS) is 32.1. The highest BCUT2D eigenvalue weighted by molar-refractivity contribution is 4.84. The third-order valence-corrected chi connectivity index (χ3v) is 2.88. The molecule has 1 fully saturated rings. The lowest BCUT2D eigenvalue weighted by Gasteiger charge is -2.28. The van der Waals surface area contributed by atoms with Crippen molar-refractivity contribution in [2.24, 2.45) is 11.8 Å². The van der Waals surface area contributed by atoms with Gasteiger partial charge in [-0.15, -0.1) is 0 Å². The highest BCUT2D eigenvalue weighted by Gasteiger charge is 2.34. The van der Waals surface area contributed by atoms with Crippen LogP contribution in [0.15, 0.2) is 0 Å². The summed E-state index contributed by atoms with van der Waals surface area (Å²) in [5.74, 6) is 0.869. The summed E-state index contributed by atoms with van der Waals surface area (Å²) < 4.78 is 10.8. The third kappa shape index (κ3) is 2.69. The largest absolute Gasteiger partial charge is 0.388 e. The van der Waals surface area contributed by atoms with Gasteiger partial charge in [0, 0.05) is 13.7 Å². The van der Waals surface area contributed by atoms with Gasteiger partial charge < -0.3 is 14.6 Å². The minimum Gasteiger partial charge on any atom is -0.388 e. The molecule has 1 N–H and O–H groups in total. The summed E-state index contributed by atoms with van der Waals surface area (Å²) in [6.07, 6.45) is 0.279. The molecule has 3 heteroatoms. The fourth-order valence-corrected chi connectivity index (χ4v) is 2.08. The Labute approximate surface area is 86.4 Å². The van der Waals surface area contributed by atoms with Gasteiger partial charge in [-0.05, 0) is 18.3 Å². The van der Waals surface area contributed by atoms with Crippen LogP contribution in [0.2, 0.25) is 0 Å². The maximum Gasteiger partial charge on any atom is 0.106 e. The van der Waals surface area contributed by atoms with Gasteiger partial charge in [-0.3, -0.25) is 0 Å². The van der Waals surface area contributed by atoms with Crippen LogP contribution in [-0.2, 0) is 9.47 Å². The number of ether oxygens (including phenoxy) is 2. The maximum absolute atomic E-state index is 10.0. The molecule has 1 heterocycles. The molecule has 0 aromatic heterocycles. The predicted octanol–water partition coefficient (Wildman–Crippen LogP) is 1.44. The van der Waals surface area contributed by atoms with Gasteiger partial charge in [-0.1, -0.05) is 20.8 Å². The highest BCUT2D eigenvalue weighted by atomic mass is 16.5. The predicted molar refractivity (Wildman–Crippen MR) is 55.2 cm³/mol. The summed E-state index contributed by atoms with van der Waals surface area (Å²) in [5.41, 5.74) is 0. The summed E-state index contributed by atoms with van der Waals surface area (Å²) in [7, 11) is 1.65. The lowest BCUT2D eigenvalue weighted by atomic mass is 9.94. The lowest BCUT2D eigenvalue weighted by Crippen LogP contribution is -2.41. The van der Waals surface area contributed by atoms with Crippen LogP contribution in [0.25, 0.3) is 0 Å². The van der Waals surface area contributed by atoms with Gasteiger partial charge in [0.15, 0.2) is 0 Å². The van der Waals surface area contributed by atoms with Gasteiger partial charge >= 0.3 is 0 Å². The van der Waals surface area contributed by atoms with E-state index in [0.717, 1.165) is 13.0 Å². The molecule has 0 amide bonds. The Bertz CT molecular complexity index is 170. The molecular formula is C11H22O3. The summed E-state index contributed by atoms with van der Waals surface area (Å²) in [6.45, 7) is 7.01. The van der Waals surface area contributed by atoms with E-state index in [-0.39, 0.29) is 12.2 Å². The Balaban J connectivity index is 2.50. The average Bonchev–Trinajstić information content (AvgIpc) is 2.52. The molecule has 0 radical (unpaired) electrons. The second-order valence-electron chi connectivity index (χ2n) is 4.65. The molecule has 3 nitrogen and oxygen atoms in total. The molecule has 0 aromatic carbocycles. The van der Waals surface area contributed by atoms with Crippen LogP contribution in [0, 0.1) is 11.8 Å². The molecule has 1 aliphatic heterocycles. The molecule has 1 aliphatic rings. The van der Waals surface area contributed by atoms with Crippen molar-refractivity contribution in [3.8, 4) is 0 Å². The zero-order chi connectivity index (χ0) is 10.7. The first-order valence-electron chi connectivity index (χ1n) is 5.38. The Morgan fingerprint density at radius 3 is 2.43 bits per heavy atom. The van der Waals surface area contributed by atoms with E-state index in [9.17, 15) is 5.11 Å². The summed E-state index contributed by atoms with van der Waals surface area (Å²) in [6, 6.07) is 0. The van der Waals surface area contributed by atoms with Crippen molar-refractivity contribution in [3.63, 3.8) is 0 Å². The standard InChI is InChI=1S/C11H22O3/c1-7(2)11(13-4)10(12)9-5-8(3)6-14-9/h7-12H,5-6H2,1-4H3/t8?,9?,10-,11+/m0/s1. The van der Waals surface area contributed by atoms with E-state index < -0.39 is 6.10 Å². The van der Waals surface area contributed by atoms with Crippen molar-refractivity contribution in [1.82, 2.24) is 0 Å². The van der Waals surface area contributed by atoms with Crippen molar-refractivity contribution in [1.29, 1.82) is 0 Å². The summed E-state index contributed by atoms with van der Waals surface area (Å²) in [5, 5.41) is 10.0. The molecular weight excluding hydrogens is 180 g/mol. The molecule has 1 saturated heterocycles. The van der Waals surface area contributed by atoms with Crippen LogP contribution in [0.4, 0.5) is 0 Å². The van der Waals surface area contributed by atoms with Gasteiger partial charge in [-0.25, -0.2) is 0 Å². The molecule has 1 rings (SSSR count). The highest BCUT2D eigenvalue weighted by Crippen LogP contribution is 2.25. The maximum atomic E-state index is 10.0. The number of aliphatic hydroxyl groups is 1. The van der Waals surface area contributed by atoms with E-state index >= 15 is 0 Å². The van der Waals surface area contributed by atoms with Gasteiger partial charge in [0.05, 0.1) is 12.2 Å². The third-order valence-electron chi connectivity index (χ3n) is 2.88. The van der Waals surface area contributed by atoms with Crippen LogP contribution >= 0.6 is 0 Å². The Hall–Kier alpha value is -0.120. The number of rotatable bonds is 4. The number of hydrogen-bond acceptors (Lipinski definition) is 3. The van der Waals surface area contributed by atoms with Crippen LogP contribution < -0.4 is 0 Å². The van der Waals surface area contributed by atoms with E-state index in [0.29, 0.717) is 11.8 Å². The molecule has 0 saturated carbocycles. The zero-order valence-corrected chi connectivity index (χ0v) is 9.56. The lowest BCUT2D eigenvalue weighted by molar-refractivity contribution is -0.0978. The fraction of sp³-hybridized carbons (Fsp3) is 1.00. The number of methoxy groups -OCH3 is 1. The van der Waals surface area contributed by atoms with Crippen molar-refractivity contribution < 1.29 is 14.6 Å². The Morgan fingerprint density at radius 1 is 1.43 bits per heavy atom. The van der Waals surface area contributed by atoms with Crippen molar-refractivity contribution in [2.75, 3.05) is 13.7 Å². The first kappa shape index (κ1) is 12.0. The van der Waals surface area contributed by atoms with Gasteiger partial charge in [-0.2, -0.15) is 0 Å². The van der Waals surface area contributed by atoms with Gasteiger partial charge in [0.25, 0.3) is 0 Å². The number of hydrogen-bond donors (Lipinski definition) is 1. The van der Waals surface area contributed by atoms with Crippen LogP contribution in [0.1, 0.15) is 27.2 Å². The molecule has 84 valence electrons. The zero-order valence-electron chi connectivity index (χ0n) is 9.56. The first-order chi connectivity index (χ1) is 6.56. The van der Waals surface area contributed by atoms with Crippen LogP contribution in [0.3, 0.4) is 0 Å². The topological polar surface area (TPSA) is 38.7 Å². The smallest absolute Gasteiger partial charge is 0.106 e. The van der Waals surface area contributed by atoms with Crippen LogP contribution in [-0.4, -0.2) is 37.1 Å². The van der Waals surface area contributed by atoms with E-state index in [1.54, 1.807) is 7.11 Å². The molecule has 0 spiro atoms. The van der Waals surface area contributed by atoms with E-state index in [4.69, 9.17) is 9.47 Å². The van der Waals surface area contributed by atoms with Gasteiger partial charge in [0.1, 0.15) is 6.10 Å². The Morgan fingerprint density at radius 2 is 2.07 bits per heavy atom. The van der Waals surface area contributed by atoms with Crippen LogP contribution in [0.5, 0.6) is 0 Å². The molecule has 2 unspecified atom stereocenters.